The van der Waals surface area contributed by atoms with E-state index < -0.39 is 0 Å². The topological polar surface area (TPSA) is 38.3 Å². The number of ether oxygens (including phenoxy) is 1. The maximum absolute atomic E-state index is 11.8. The molecule has 1 aromatic rings. The fourth-order valence-corrected chi connectivity index (χ4v) is 1.45. The van der Waals surface area contributed by atoms with Crippen LogP contribution >= 0.6 is 11.6 Å². The predicted molar refractivity (Wildman–Crippen MR) is 65.4 cm³/mol. The lowest BCUT2D eigenvalue weighted by Gasteiger charge is -2.08. The molecule has 0 atom stereocenters. The minimum absolute atomic E-state index is 0.0544. The second-order valence-electron chi connectivity index (χ2n) is 3.19. The van der Waals surface area contributed by atoms with Gasteiger partial charge in [0.25, 0.3) is 0 Å². The van der Waals surface area contributed by atoms with Gasteiger partial charge in [-0.3, -0.25) is 4.79 Å². The highest BCUT2D eigenvalue weighted by Gasteiger charge is 2.11. The number of carbonyl (C=O) groups excluding carboxylic acids is 1. The van der Waals surface area contributed by atoms with Crippen molar-refractivity contribution in [2.75, 3.05) is 20.2 Å². The van der Waals surface area contributed by atoms with Gasteiger partial charge < -0.3 is 10.1 Å². The molecule has 0 saturated carbocycles. The van der Waals surface area contributed by atoms with E-state index in [-0.39, 0.29) is 12.3 Å². The summed E-state index contributed by atoms with van der Waals surface area (Å²) in [6.45, 7) is 4.39. The lowest BCUT2D eigenvalue weighted by Crippen LogP contribution is -2.23. The lowest BCUT2D eigenvalue weighted by molar-refractivity contribution is 0.0989. The molecule has 1 N–H and O–H groups in total. The monoisotopic (exact) mass is 239 g/mol. The Morgan fingerprint density at radius 2 is 2.38 bits per heavy atom. The van der Waals surface area contributed by atoms with Crippen LogP contribution in [0.1, 0.15) is 10.4 Å². The highest BCUT2D eigenvalue weighted by Crippen LogP contribution is 2.22. The second kappa shape index (κ2) is 6.30. The molecule has 0 aliphatic carbocycles. The van der Waals surface area contributed by atoms with Crippen LogP contribution in [0.15, 0.2) is 30.9 Å². The summed E-state index contributed by atoms with van der Waals surface area (Å²) in [6.07, 6.45) is 1.70. The average molecular weight is 240 g/mol. The van der Waals surface area contributed by atoms with Crippen LogP contribution in [-0.2, 0) is 0 Å². The van der Waals surface area contributed by atoms with Gasteiger partial charge in [0.05, 0.1) is 19.2 Å². The van der Waals surface area contributed by atoms with E-state index >= 15 is 0 Å². The number of hydrogen-bond donors (Lipinski definition) is 1. The van der Waals surface area contributed by atoms with Gasteiger partial charge in [0.2, 0.25) is 0 Å². The van der Waals surface area contributed by atoms with Gasteiger partial charge in [-0.05, 0) is 18.2 Å². The van der Waals surface area contributed by atoms with Crippen molar-refractivity contribution in [3.8, 4) is 5.75 Å². The fourth-order valence-electron chi connectivity index (χ4n) is 1.28. The average Bonchev–Trinajstić information content (AvgIpc) is 2.29. The van der Waals surface area contributed by atoms with E-state index in [9.17, 15) is 4.79 Å². The van der Waals surface area contributed by atoms with Gasteiger partial charge in [0.1, 0.15) is 5.75 Å². The van der Waals surface area contributed by atoms with Crippen LogP contribution in [0.4, 0.5) is 0 Å². The van der Waals surface area contributed by atoms with E-state index in [1.165, 1.54) is 7.11 Å². The Morgan fingerprint density at radius 3 is 3.00 bits per heavy atom. The van der Waals surface area contributed by atoms with Crippen LogP contribution in [0.25, 0.3) is 0 Å². The molecule has 3 nitrogen and oxygen atoms in total. The van der Waals surface area contributed by atoms with Crippen LogP contribution in [0, 0.1) is 0 Å². The standard InChI is InChI=1S/C12H14ClNO2/c1-3-6-14-8-11(15)10-7-9(13)4-5-12(10)16-2/h3-5,7,14H,1,6,8H2,2H3. The SMILES string of the molecule is C=CCNCC(=O)c1cc(Cl)ccc1OC. The van der Waals surface area contributed by atoms with Crippen molar-refractivity contribution in [3.05, 3.63) is 41.4 Å². The molecule has 0 aliphatic heterocycles. The number of halogens is 1. The van der Waals surface area contributed by atoms with Crippen LogP contribution in [0.2, 0.25) is 5.02 Å². The van der Waals surface area contributed by atoms with Crippen LogP contribution in [0.5, 0.6) is 5.75 Å². The second-order valence-corrected chi connectivity index (χ2v) is 3.62. The third-order valence-electron chi connectivity index (χ3n) is 2.04. The molecule has 0 fully saturated rings. The van der Waals surface area contributed by atoms with Gasteiger partial charge in [-0.15, -0.1) is 6.58 Å². The van der Waals surface area contributed by atoms with E-state index in [1.54, 1.807) is 24.3 Å². The number of carbonyl (C=O) groups is 1. The Balaban J connectivity index is 2.80. The Kier molecular flexibility index (Phi) is 5.02. The van der Waals surface area contributed by atoms with Crippen molar-refractivity contribution < 1.29 is 9.53 Å². The highest BCUT2D eigenvalue weighted by atomic mass is 35.5. The van der Waals surface area contributed by atoms with Crippen molar-refractivity contribution in [3.63, 3.8) is 0 Å². The van der Waals surface area contributed by atoms with Crippen molar-refractivity contribution in [2.45, 2.75) is 0 Å². The lowest BCUT2D eigenvalue weighted by atomic mass is 10.1. The largest absolute Gasteiger partial charge is 0.496 e. The molecule has 0 bridgehead atoms. The van der Waals surface area contributed by atoms with Crippen molar-refractivity contribution in [1.82, 2.24) is 5.32 Å². The molecular formula is C12H14ClNO2. The van der Waals surface area contributed by atoms with E-state index in [0.29, 0.717) is 22.9 Å². The molecule has 0 amide bonds. The molecule has 0 aliphatic rings. The van der Waals surface area contributed by atoms with Crippen molar-refractivity contribution >= 4 is 17.4 Å². The number of Topliss-reactive ketones (excluding diaryl/α,β-unsaturated/α-hetero) is 1. The molecule has 0 spiro atoms. The normalized spacial score (nSPS) is 9.88. The van der Waals surface area contributed by atoms with Gasteiger partial charge in [-0.1, -0.05) is 17.7 Å². The van der Waals surface area contributed by atoms with Crippen molar-refractivity contribution in [1.29, 1.82) is 0 Å². The van der Waals surface area contributed by atoms with Crippen LogP contribution < -0.4 is 10.1 Å². The number of rotatable bonds is 6. The van der Waals surface area contributed by atoms with E-state index in [4.69, 9.17) is 16.3 Å². The fraction of sp³-hybridized carbons (Fsp3) is 0.250. The minimum atomic E-state index is -0.0544. The first kappa shape index (κ1) is 12.7. The zero-order valence-electron chi connectivity index (χ0n) is 9.13. The number of benzene rings is 1. The quantitative estimate of drug-likeness (QED) is 0.470. The van der Waals surface area contributed by atoms with Crippen LogP contribution in [0.3, 0.4) is 0 Å². The Bertz CT molecular complexity index is 391. The summed E-state index contributed by atoms with van der Waals surface area (Å²) in [5, 5.41) is 3.46. The first-order valence-corrected chi connectivity index (χ1v) is 5.25. The molecule has 0 unspecified atom stereocenters. The number of nitrogens with one attached hydrogen (secondary N) is 1. The maximum atomic E-state index is 11.8. The molecule has 0 radical (unpaired) electrons. The predicted octanol–water partition coefficient (Wildman–Crippen LogP) is 2.31. The molecule has 0 aromatic heterocycles. The highest BCUT2D eigenvalue weighted by molar-refractivity contribution is 6.31. The van der Waals surface area contributed by atoms with E-state index in [1.807, 2.05) is 0 Å². The number of hydrogen-bond acceptors (Lipinski definition) is 3. The van der Waals surface area contributed by atoms with E-state index in [2.05, 4.69) is 11.9 Å². The van der Waals surface area contributed by atoms with E-state index in [0.717, 1.165) is 0 Å². The number of methoxy groups -OCH3 is 1. The maximum Gasteiger partial charge on any atom is 0.180 e. The molecule has 16 heavy (non-hydrogen) atoms. The molecule has 4 heteroatoms. The summed E-state index contributed by atoms with van der Waals surface area (Å²) in [4.78, 5) is 11.8. The summed E-state index contributed by atoms with van der Waals surface area (Å²) in [5.41, 5.74) is 0.492. The van der Waals surface area contributed by atoms with Gasteiger partial charge in [0.15, 0.2) is 5.78 Å². The third kappa shape index (κ3) is 3.36. The summed E-state index contributed by atoms with van der Waals surface area (Å²) in [5.74, 6) is 0.482. The Hall–Kier alpha value is -1.32. The van der Waals surface area contributed by atoms with Gasteiger partial charge in [-0.2, -0.15) is 0 Å². The Morgan fingerprint density at radius 1 is 1.62 bits per heavy atom. The smallest absolute Gasteiger partial charge is 0.180 e. The Labute approximate surface area is 100 Å². The first-order valence-electron chi connectivity index (χ1n) is 4.87. The zero-order valence-corrected chi connectivity index (χ0v) is 9.88. The third-order valence-corrected chi connectivity index (χ3v) is 2.27. The molecule has 0 saturated heterocycles. The van der Waals surface area contributed by atoms with Gasteiger partial charge in [0, 0.05) is 11.6 Å². The summed E-state index contributed by atoms with van der Waals surface area (Å²) < 4.78 is 5.10. The minimum Gasteiger partial charge on any atom is -0.496 e. The zero-order chi connectivity index (χ0) is 12.0. The molecule has 1 rings (SSSR count). The molecule has 0 heterocycles. The summed E-state index contributed by atoms with van der Waals surface area (Å²) >= 11 is 5.83. The summed E-state index contributed by atoms with van der Waals surface area (Å²) in [6, 6.07) is 4.98. The van der Waals surface area contributed by atoms with Crippen molar-refractivity contribution in [2.24, 2.45) is 0 Å². The molecule has 1 aromatic carbocycles. The first-order chi connectivity index (χ1) is 7.69. The van der Waals surface area contributed by atoms with Crippen LogP contribution in [-0.4, -0.2) is 26.0 Å². The molecular weight excluding hydrogens is 226 g/mol. The van der Waals surface area contributed by atoms with Gasteiger partial charge >= 0.3 is 0 Å². The number of ketones is 1. The molecule has 86 valence electrons. The summed E-state index contributed by atoms with van der Waals surface area (Å²) in [7, 11) is 1.52. The van der Waals surface area contributed by atoms with Gasteiger partial charge in [-0.25, -0.2) is 0 Å².